The molecule has 0 saturated carbocycles. The first-order chi connectivity index (χ1) is 12.4. The predicted molar refractivity (Wildman–Crippen MR) is 108 cm³/mol. The zero-order valence-electron chi connectivity index (χ0n) is 14.2. The number of carbonyl (C=O) groups is 1. The lowest BCUT2D eigenvalue weighted by Gasteiger charge is -2.11. The number of sulfonamides is 1. The summed E-state index contributed by atoms with van der Waals surface area (Å²) in [7, 11) is -0.634. The van der Waals surface area contributed by atoms with Crippen LogP contribution >= 0.6 is 22.7 Å². The van der Waals surface area contributed by atoms with Gasteiger partial charge in [0.2, 0.25) is 10.0 Å². The molecule has 0 unspecified atom stereocenters. The number of rotatable bonds is 6. The van der Waals surface area contributed by atoms with Gasteiger partial charge in [0.15, 0.2) is 5.78 Å². The summed E-state index contributed by atoms with van der Waals surface area (Å²) in [6.45, 7) is 0. The first-order valence-electron chi connectivity index (χ1n) is 7.75. The largest absolute Gasteiger partial charge is 0.289 e. The van der Waals surface area contributed by atoms with Crippen LogP contribution < -0.4 is 0 Å². The summed E-state index contributed by atoms with van der Waals surface area (Å²) in [5, 5.41) is 4.08. The summed E-state index contributed by atoms with van der Waals surface area (Å²) in [5.41, 5.74) is 1.48. The number of nitrogens with zero attached hydrogens (tertiary/aromatic N) is 1. The molecule has 0 saturated heterocycles. The van der Waals surface area contributed by atoms with Crippen LogP contribution in [0.25, 0.3) is 16.5 Å². The summed E-state index contributed by atoms with van der Waals surface area (Å²) in [6, 6.07) is 12.2. The van der Waals surface area contributed by atoms with Crippen LogP contribution in [0.5, 0.6) is 0 Å². The lowest BCUT2D eigenvalue weighted by molar-refractivity contribution is 0.104. The number of thiophene rings is 2. The first kappa shape index (κ1) is 18.7. The van der Waals surface area contributed by atoms with Gasteiger partial charge in [0.05, 0.1) is 4.90 Å². The number of hydrogen-bond acceptors (Lipinski definition) is 5. The molecule has 3 rings (SSSR count). The summed E-state index contributed by atoms with van der Waals surface area (Å²) in [4.78, 5) is 14.7. The number of hydrogen-bond donors (Lipinski definition) is 0. The van der Waals surface area contributed by atoms with Crippen LogP contribution in [0.15, 0.2) is 64.2 Å². The van der Waals surface area contributed by atoms with Gasteiger partial charge in [-0.05, 0) is 47.2 Å². The van der Waals surface area contributed by atoms with Gasteiger partial charge in [-0.1, -0.05) is 18.2 Å². The average Bonchev–Trinajstić information content (AvgIpc) is 3.31. The molecule has 26 heavy (non-hydrogen) atoms. The van der Waals surface area contributed by atoms with Crippen molar-refractivity contribution in [2.45, 2.75) is 4.90 Å². The maximum atomic E-state index is 12.4. The van der Waals surface area contributed by atoms with Crippen LogP contribution in [0, 0.1) is 0 Å². The molecule has 0 N–H and O–H groups in total. The minimum atomic E-state index is -3.56. The van der Waals surface area contributed by atoms with Crippen molar-refractivity contribution < 1.29 is 13.2 Å². The van der Waals surface area contributed by atoms with Crippen LogP contribution in [0.1, 0.15) is 15.2 Å². The fourth-order valence-corrected chi connectivity index (χ4v) is 4.82. The molecule has 0 spiro atoms. The van der Waals surface area contributed by atoms with E-state index in [-0.39, 0.29) is 10.7 Å². The van der Waals surface area contributed by atoms with Gasteiger partial charge in [0.25, 0.3) is 0 Å². The van der Waals surface area contributed by atoms with Crippen molar-refractivity contribution in [1.82, 2.24) is 4.31 Å². The van der Waals surface area contributed by atoms with Crippen molar-refractivity contribution in [2.24, 2.45) is 0 Å². The molecular formula is C19H17NO3S3. The lowest BCUT2D eigenvalue weighted by atomic mass is 10.1. The molecule has 0 amide bonds. The quantitative estimate of drug-likeness (QED) is 0.446. The van der Waals surface area contributed by atoms with Crippen LogP contribution in [0.2, 0.25) is 0 Å². The van der Waals surface area contributed by atoms with E-state index in [1.54, 1.807) is 40.9 Å². The van der Waals surface area contributed by atoms with E-state index in [2.05, 4.69) is 11.4 Å². The van der Waals surface area contributed by atoms with Crippen molar-refractivity contribution in [3.63, 3.8) is 0 Å². The topological polar surface area (TPSA) is 54.5 Å². The van der Waals surface area contributed by atoms with E-state index in [4.69, 9.17) is 0 Å². The Hall–Kier alpha value is -2.06. The molecule has 0 aliphatic heterocycles. The van der Waals surface area contributed by atoms with E-state index in [9.17, 15) is 13.2 Å². The maximum Gasteiger partial charge on any atom is 0.242 e. The second kappa shape index (κ2) is 7.67. The van der Waals surface area contributed by atoms with Crippen molar-refractivity contribution in [3.05, 3.63) is 69.7 Å². The monoisotopic (exact) mass is 403 g/mol. The smallest absolute Gasteiger partial charge is 0.242 e. The third kappa shape index (κ3) is 4.02. The number of benzene rings is 1. The van der Waals surface area contributed by atoms with Gasteiger partial charge in [-0.25, -0.2) is 12.7 Å². The van der Waals surface area contributed by atoms with Gasteiger partial charge in [-0.3, -0.25) is 4.79 Å². The normalized spacial score (nSPS) is 12.1. The summed E-state index contributed by atoms with van der Waals surface area (Å²) in [5.74, 6) is -0.230. The number of carbonyl (C=O) groups excluding carboxylic acids is 1. The molecule has 0 atom stereocenters. The van der Waals surface area contributed by atoms with Crippen molar-refractivity contribution >= 4 is 44.6 Å². The third-order valence-corrected chi connectivity index (χ3v) is 7.35. The van der Waals surface area contributed by atoms with Gasteiger partial charge in [0, 0.05) is 35.0 Å². The average molecular weight is 404 g/mol. The van der Waals surface area contributed by atoms with E-state index in [0.29, 0.717) is 5.56 Å². The van der Waals surface area contributed by atoms with E-state index >= 15 is 0 Å². The van der Waals surface area contributed by atoms with Crippen molar-refractivity contribution in [1.29, 1.82) is 0 Å². The Balaban J connectivity index is 1.79. The SMILES string of the molecule is CN(C)S(=O)(=O)c1cccc(C(=O)C=Cc2cc(-c3cccs3)cs2)c1. The van der Waals surface area contributed by atoms with E-state index in [1.807, 2.05) is 17.5 Å². The second-order valence-electron chi connectivity index (χ2n) is 5.73. The van der Waals surface area contributed by atoms with Crippen LogP contribution in [0.4, 0.5) is 0 Å². The predicted octanol–water partition coefficient (Wildman–Crippen LogP) is 4.62. The molecule has 0 aliphatic carbocycles. The maximum absolute atomic E-state index is 12.4. The molecule has 1 aromatic carbocycles. The molecule has 0 aliphatic rings. The summed E-state index contributed by atoms with van der Waals surface area (Å²) in [6.07, 6.45) is 3.24. The van der Waals surface area contributed by atoms with Crippen LogP contribution in [-0.2, 0) is 10.0 Å². The molecule has 0 radical (unpaired) electrons. The zero-order chi connectivity index (χ0) is 18.7. The number of ketones is 1. The van der Waals surface area contributed by atoms with Gasteiger partial charge < -0.3 is 0 Å². The highest BCUT2D eigenvalue weighted by molar-refractivity contribution is 7.89. The van der Waals surface area contributed by atoms with Crippen molar-refractivity contribution in [3.8, 4) is 10.4 Å². The first-order valence-corrected chi connectivity index (χ1v) is 11.0. The Morgan fingerprint density at radius 1 is 1.08 bits per heavy atom. The highest BCUT2D eigenvalue weighted by Gasteiger charge is 2.18. The van der Waals surface area contributed by atoms with Crippen LogP contribution in [0.3, 0.4) is 0 Å². The van der Waals surface area contributed by atoms with E-state index in [0.717, 1.165) is 14.7 Å². The summed E-state index contributed by atoms with van der Waals surface area (Å²) >= 11 is 3.23. The van der Waals surface area contributed by atoms with E-state index < -0.39 is 10.0 Å². The molecule has 2 aromatic heterocycles. The fourth-order valence-electron chi connectivity index (χ4n) is 2.29. The molecule has 7 heteroatoms. The minimum Gasteiger partial charge on any atom is -0.289 e. The fraction of sp³-hybridized carbons (Fsp3) is 0.105. The molecule has 0 bridgehead atoms. The van der Waals surface area contributed by atoms with Gasteiger partial charge >= 0.3 is 0 Å². The van der Waals surface area contributed by atoms with Gasteiger partial charge in [-0.2, -0.15) is 0 Å². The van der Waals surface area contributed by atoms with Gasteiger partial charge in [0.1, 0.15) is 0 Å². The summed E-state index contributed by atoms with van der Waals surface area (Å²) < 4.78 is 25.5. The Kier molecular flexibility index (Phi) is 5.52. The lowest BCUT2D eigenvalue weighted by Crippen LogP contribution is -2.22. The zero-order valence-corrected chi connectivity index (χ0v) is 16.7. The Bertz CT molecular complexity index is 1050. The third-order valence-electron chi connectivity index (χ3n) is 3.72. The van der Waals surface area contributed by atoms with E-state index in [1.165, 1.54) is 37.2 Å². The molecular weight excluding hydrogens is 386 g/mol. The molecule has 134 valence electrons. The Morgan fingerprint density at radius 3 is 2.58 bits per heavy atom. The molecule has 3 aromatic rings. The molecule has 2 heterocycles. The van der Waals surface area contributed by atoms with Crippen LogP contribution in [-0.4, -0.2) is 32.6 Å². The van der Waals surface area contributed by atoms with Crippen molar-refractivity contribution in [2.75, 3.05) is 14.1 Å². The highest BCUT2D eigenvalue weighted by Crippen LogP contribution is 2.29. The molecule has 0 fully saturated rings. The second-order valence-corrected chi connectivity index (χ2v) is 9.77. The highest BCUT2D eigenvalue weighted by atomic mass is 32.2. The minimum absolute atomic E-state index is 0.109. The van der Waals surface area contributed by atoms with Gasteiger partial charge in [-0.15, -0.1) is 22.7 Å². The Labute approximate surface area is 161 Å². The number of allylic oxidation sites excluding steroid dienone is 1. The standard InChI is InChI=1S/C19H17NO3S3/c1-20(2)26(22,23)17-6-3-5-14(12-17)18(21)9-8-16-11-15(13-25-16)19-7-4-10-24-19/h3-13H,1-2H3. The Morgan fingerprint density at radius 2 is 1.88 bits per heavy atom. The molecule has 4 nitrogen and oxygen atoms in total.